The quantitative estimate of drug-likeness (QED) is 0.661. The van der Waals surface area contributed by atoms with E-state index in [1.165, 1.54) is 0 Å². The van der Waals surface area contributed by atoms with Gasteiger partial charge in [0.05, 0.1) is 0 Å². The second-order valence-corrected chi connectivity index (χ2v) is 4.34. The number of aliphatic hydroxyl groups excluding tert-OH is 2. The first-order valence-corrected chi connectivity index (χ1v) is 6.03. The first-order chi connectivity index (χ1) is 8.99. The maximum absolute atomic E-state index is 12.0. The second kappa shape index (κ2) is 8.04. The van der Waals surface area contributed by atoms with Crippen molar-refractivity contribution in [3.05, 3.63) is 29.8 Å². The van der Waals surface area contributed by atoms with Crippen molar-refractivity contribution in [1.29, 1.82) is 0 Å². The Labute approximate surface area is 111 Å². The third-order valence-corrected chi connectivity index (χ3v) is 2.49. The van der Waals surface area contributed by atoms with Crippen LogP contribution in [0.2, 0.25) is 0 Å². The van der Waals surface area contributed by atoms with E-state index in [-0.39, 0.29) is 19.7 Å². The van der Waals surface area contributed by atoms with Gasteiger partial charge in [-0.15, -0.1) is 0 Å². The highest BCUT2D eigenvalue weighted by atomic mass is 19.3. The van der Waals surface area contributed by atoms with Crippen LogP contribution >= 0.6 is 0 Å². The van der Waals surface area contributed by atoms with E-state index in [9.17, 15) is 13.9 Å². The second-order valence-electron chi connectivity index (χ2n) is 4.34. The zero-order valence-electron chi connectivity index (χ0n) is 10.7. The van der Waals surface area contributed by atoms with Crippen LogP contribution in [-0.4, -0.2) is 48.5 Å². The molecule has 0 aliphatic carbocycles. The molecule has 3 N–H and O–H groups in total. The van der Waals surface area contributed by atoms with Gasteiger partial charge >= 0.3 is 0 Å². The van der Waals surface area contributed by atoms with E-state index in [1.54, 1.807) is 12.1 Å². The van der Waals surface area contributed by atoms with Crippen LogP contribution in [0.5, 0.6) is 5.75 Å². The monoisotopic (exact) mass is 275 g/mol. The molecule has 0 heterocycles. The normalized spacial score (nSPS) is 14.4. The number of alkyl halides is 2. The summed E-state index contributed by atoms with van der Waals surface area (Å²) in [5, 5.41) is 21.0. The molecule has 4 nitrogen and oxygen atoms in total. The maximum Gasteiger partial charge on any atom is 0.265 e. The highest BCUT2D eigenvalue weighted by Gasteiger charge is 2.16. The molecule has 1 aromatic rings. The van der Waals surface area contributed by atoms with Gasteiger partial charge in [0.15, 0.2) is 0 Å². The molecule has 2 unspecified atom stereocenters. The fourth-order valence-corrected chi connectivity index (χ4v) is 1.37. The molecule has 0 fully saturated rings. The molecule has 19 heavy (non-hydrogen) atoms. The van der Waals surface area contributed by atoms with Crippen LogP contribution in [-0.2, 0) is 0 Å². The lowest BCUT2D eigenvalue weighted by Crippen LogP contribution is -2.38. The minimum absolute atomic E-state index is 0.0564. The van der Waals surface area contributed by atoms with Gasteiger partial charge < -0.3 is 20.3 Å². The number of aliphatic hydroxyl groups is 2. The predicted octanol–water partition coefficient (Wildman–Crippen LogP) is 0.950. The Morgan fingerprint density at radius 1 is 1.16 bits per heavy atom. The average Bonchev–Trinajstić information content (AvgIpc) is 2.37. The molecule has 0 saturated carbocycles. The summed E-state index contributed by atoms with van der Waals surface area (Å²) >= 11 is 0. The number of benzene rings is 1. The van der Waals surface area contributed by atoms with Crippen LogP contribution in [0.15, 0.2) is 24.3 Å². The number of hydrogen-bond acceptors (Lipinski definition) is 4. The summed E-state index contributed by atoms with van der Waals surface area (Å²) in [7, 11) is 0. The Balaban J connectivity index is 2.17. The minimum atomic E-state index is -2.78. The first-order valence-electron chi connectivity index (χ1n) is 6.03. The first kappa shape index (κ1) is 15.8. The maximum atomic E-state index is 12.0. The van der Waals surface area contributed by atoms with Crippen molar-refractivity contribution in [1.82, 2.24) is 5.32 Å². The number of rotatable bonds is 8. The van der Waals surface area contributed by atoms with Gasteiger partial charge in [0.25, 0.3) is 6.43 Å². The Bertz CT molecular complexity index is 359. The van der Waals surface area contributed by atoms with Gasteiger partial charge in [-0.25, -0.2) is 8.78 Å². The van der Waals surface area contributed by atoms with Crippen LogP contribution in [0.1, 0.15) is 5.56 Å². The molecule has 0 aromatic heterocycles. The van der Waals surface area contributed by atoms with Crippen LogP contribution in [0.25, 0.3) is 0 Å². The van der Waals surface area contributed by atoms with E-state index >= 15 is 0 Å². The molecule has 2 atom stereocenters. The number of aryl methyl sites for hydroxylation is 1. The topological polar surface area (TPSA) is 61.7 Å². The van der Waals surface area contributed by atoms with Crippen LogP contribution in [0.3, 0.4) is 0 Å². The van der Waals surface area contributed by atoms with E-state index in [4.69, 9.17) is 9.84 Å². The van der Waals surface area contributed by atoms with Crippen molar-refractivity contribution in [3.63, 3.8) is 0 Å². The highest BCUT2D eigenvalue weighted by molar-refractivity contribution is 5.26. The molecule has 0 amide bonds. The number of hydrogen-bond donors (Lipinski definition) is 3. The van der Waals surface area contributed by atoms with E-state index < -0.39 is 18.6 Å². The van der Waals surface area contributed by atoms with Gasteiger partial charge in [-0.1, -0.05) is 17.7 Å². The molecule has 0 aliphatic rings. The summed E-state index contributed by atoms with van der Waals surface area (Å²) in [5.74, 6) is 0.636. The molecule has 0 spiro atoms. The number of ether oxygens (including phenoxy) is 1. The Morgan fingerprint density at radius 3 is 2.37 bits per heavy atom. The predicted molar refractivity (Wildman–Crippen MR) is 67.6 cm³/mol. The van der Waals surface area contributed by atoms with Crippen LogP contribution < -0.4 is 10.1 Å². The fourth-order valence-electron chi connectivity index (χ4n) is 1.37. The molecular formula is C13H19F2NO3. The van der Waals surface area contributed by atoms with E-state index in [2.05, 4.69) is 5.32 Å². The number of halogens is 2. The Morgan fingerprint density at radius 2 is 1.79 bits per heavy atom. The highest BCUT2D eigenvalue weighted by Crippen LogP contribution is 2.11. The van der Waals surface area contributed by atoms with E-state index in [0.717, 1.165) is 5.56 Å². The van der Waals surface area contributed by atoms with Crippen molar-refractivity contribution >= 4 is 0 Å². The van der Waals surface area contributed by atoms with Gasteiger partial charge in [-0.05, 0) is 19.1 Å². The molecule has 6 heteroatoms. The van der Waals surface area contributed by atoms with Crippen molar-refractivity contribution in [3.8, 4) is 5.75 Å². The van der Waals surface area contributed by atoms with Gasteiger partial charge in [0.2, 0.25) is 0 Å². The summed E-state index contributed by atoms with van der Waals surface area (Å²) < 4.78 is 29.3. The van der Waals surface area contributed by atoms with Gasteiger partial charge in [0, 0.05) is 13.1 Å². The standard InChI is InChI=1S/C13H19F2NO3/c1-9-2-4-11(5-3-9)19-8-10(17)6-16-7-12(18)13(14)15/h2-5,10,12-13,16-18H,6-8H2,1H3. The van der Waals surface area contributed by atoms with E-state index in [0.29, 0.717) is 5.75 Å². The lowest BCUT2D eigenvalue weighted by atomic mass is 10.2. The molecule has 0 aliphatic heterocycles. The summed E-state index contributed by atoms with van der Waals surface area (Å²) in [6.45, 7) is 1.83. The summed E-state index contributed by atoms with van der Waals surface area (Å²) in [4.78, 5) is 0. The smallest absolute Gasteiger partial charge is 0.265 e. The summed E-state index contributed by atoms with van der Waals surface area (Å²) in [6.07, 6.45) is -5.33. The largest absolute Gasteiger partial charge is 0.491 e. The molecule has 1 aromatic carbocycles. The van der Waals surface area contributed by atoms with E-state index in [1.807, 2.05) is 19.1 Å². The van der Waals surface area contributed by atoms with Gasteiger partial charge in [-0.3, -0.25) is 0 Å². The zero-order valence-corrected chi connectivity index (χ0v) is 10.7. The number of nitrogens with one attached hydrogen (secondary N) is 1. The van der Waals surface area contributed by atoms with Crippen molar-refractivity contribution in [2.75, 3.05) is 19.7 Å². The Kier molecular flexibility index (Phi) is 6.69. The third-order valence-electron chi connectivity index (χ3n) is 2.49. The van der Waals surface area contributed by atoms with Crippen molar-refractivity contribution in [2.45, 2.75) is 25.6 Å². The third kappa shape index (κ3) is 6.47. The lowest BCUT2D eigenvalue weighted by molar-refractivity contribution is -0.00529. The summed E-state index contributed by atoms with van der Waals surface area (Å²) in [6, 6.07) is 7.35. The van der Waals surface area contributed by atoms with Gasteiger partial charge in [-0.2, -0.15) is 0 Å². The minimum Gasteiger partial charge on any atom is -0.491 e. The molecule has 1 rings (SSSR count). The summed E-state index contributed by atoms with van der Waals surface area (Å²) in [5.41, 5.74) is 1.11. The van der Waals surface area contributed by atoms with Crippen LogP contribution in [0, 0.1) is 6.92 Å². The van der Waals surface area contributed by atoms with Crippen LogP contribution in [0.4, 0.5) is 8.78 Å². The fraction of sp³-hybridized carbons (Fsp3) is 0.538. The lowest BCUT2D eigenvalue weighted by Gasteiger charge is -2.15. The molecule has 0 bridgehead atoms. The molecule has 0 saturated heterocycles. The Hall–Kier alpha value is -1.24. The van der Waals surface area contributed by atoms with Crippen molar-refractivity contribution < 1.29 is 23.7 Å². The zero-order chi connectivity index (χ0) is 14.3. The average molecular weight is 275 g/mol. The van der Waals surface area contributed by atoms with Crippen molar-refractivity contribution in [2.24, 2.45) is 0 Å². The van der Waals surface area contributed by atoms with Gasteiger partial charge in [0.1, 0.15) is 24.6 Å². The SMILES string of the molecule is Cc1ccc(OCC(O)CNCC(O)C(F)F)cc1. The molecule has 108 valence electrons. The molecule has 0 radical (unpaired) electrons. The molecular weight excluding hydrogens is 256 g/mol.